The fourth-order valence-corrected chi connectivity index (χ4v) is 2.32. The SMILES string of the molecule is CCOC(=O)c1cc(C)cc2c1C(=O)CCC2. The summed E-state index contributed by atoms with van der Waals surface area (Å²) in [4.78, 5) is 23.8. The number of benzene rings is 1. The van der Waals surface area contributed by atoms with E-state index in [1.54, 1.807) is 13.0 Å². The Morgan fingerprint density at radius 2 is 2.12 bits per heavy atom. The molecule has 0 aromatic heterocycles. The molecule has 3 nitrogen and oxygen atoms in total. The number of ketones is 1. The molecule has 0 spiro atoms. The number of rotatable bonds is 2. The Bertz CT molecular complexity index is 475. The average Bonchev–Trinajstić information content (AvgIpc) is 2.28. The minimum Gasteiger partial charge on any atom is -0.462 e. The normalized spacial score (nSPS) is 14.4. The molecule has 1 aromatic rings. The average molecular weight is 232 g/mol. The molecular weight excluding hydrogens is 216 g/mol. The minimum atomic E-state index is -0.386. The number of Topliss-reactive ketones (excluding diaryl/α,β-unsaturated/α-hetero) is 1. The fraction of sp³-hybridized carbons (Fsp3) is 0.429. The van der Waals surface area contributed by atoms with E-state index in [2.05, 4.69) is 0 Å². The molecule has 1 aliphatic rings. The van der Waals surface area contributed by atoms with Crippen LogP contribution in [0.3, 0.4) is 0 Å². The van der Waals surface area contributed by atoms with E-state index in [4.69, 9.17) is 4.74 Å². The van der Waals surface area contributed by atoms with Crippen LogP contribution in [0.2, 0.25) is 0 Å². The molecule has 1 aromatic carbocycles. The largest absolute Gasteiger partial charge is 0.462 e. The highest BCUT2D eigenvalue weighted by molar-refractivity contribution is 6.08. The molecule has 0 amide bonds. The summed E-state index contributed by atoms with van der Waals surface area (Å²) in [5.74, 6) is -0.322. The Kier molecular flexibility index (Phi) is 3.27. The van der Waals surface area contributed by atoms with Gasteiger partial charge in [0.1, 0.15) is 0 Å². The Hall–Kier alpha value is -1.64. The molecule has 90 valence electrons. The molecule has 3 heteroatoms. The van der Waals surface area contributed by atoms with Crippen LogP contribution < -0.4 is 0 Å². The number of fused-ring (bicyclic) bond motifs is 1. The molecule has 0 aliphatic heterocycles. The lowest BCUT2D eigenvalue weighted by atomic mass is 9.86. The highest BCUT2D eigenvalue weighted by Crippen LogP contribution is 2.26. The zero-order valence-corrected chi connectivity index (χ0v) is 10.2. The Morgan fingerprint density at radius 1 is 1.35 bits per heavy atom. The third kappa shape index (κ3) is 2.23. The number of hydrogen-bond donors (Lipinski definition) is 0. The van der Waals surface area contributed by atoms with Gasteiger partial charge in [0, 0.05) is 12.0 Å². The van der Waals surface area contributed by atoms with Gasteiger partial charge in [0.05, 0.1) is 12.2 Å². The van der Waals surface area contributed by atoms with E-state index in [-0.39, 0.29) is 11.8 Å². The van der Waals surface area contributed by atoms with Crippen molar-refractivity contribution in [1.29, 1.82) is 0 Å². The van der Waals surface area contributed by atoms with Crippen molar-refractivity contribution in [2.24, 2.45) is 0 Å². The number of hydrogen-bond acceptors (Lipinski definition) is 3. The Labute approximate surface area is 101 Å². The monoisotopic (exact) mass is 232 g/mol. The molecular formula is C14H16O3. The van der Waals surface area contributed by atoms with Gasteiger partial charge in [-0.25, -0.2) is 4.79 Å². The highest BCUT2D eigenvalue weighted by atomic mass is 16.5. The van der Waals surface area contributed by atoms with Crippen molar-refractivity contribution in [3.8, 4) is 0 Å². The maximum atomic E-state index is 11.9. The van der Waals surface area contributed by atoms with Crippen LogP contribution in [0.25, 0.3) is 0 Å². The van der Waals surface area contributed by atoms with Crippen molar-refractivity contribution in [2.45, 2.75) is 33.1 Å². The van der Waals surface area contributed by atoms with Crippen LogP contribution in [-0.4, -0.2) is 18.4 Å². The number of esters is 1. The number of carbonyl (C=O) groups excluding carboxylic acids is 2. The van der Waals surface area contributed by atoms with Crippen LogP contribution in [0.4, 0.5) is 0 Å². The molecule has 0 saturated heterocycles. The second kappa shape index (κ2) is 4.70. The van der Waals surface area contributed by atoms with Crippen LogP contribution >= 0.6 is 0 Å². The van der Waals surface area contributed by atoms with E-state index in [0.29, 0.717) is 24.2 Å². The predicted molar refractivity (Wildman–Crippen MR) is 64.4 cm³/mol. The fourth-order valence-electron chi connectivity index (χ4n) is 2.32. The Balaban J connectivity index is 2.54. The summed E-state index contributed by atoms with van der Waals surface area (Å²) < 4.78 is 5.01. The molecule has 0 radical (unpaired) electrons. The van der Waals surface area contributed by atoms with Crippen molar-refractivity contribution < 1.29 is 14.3 Å². The van der Waals surface area contributed by atoms with E-state index < -0.39 is 0 Å². The molecule has 1 aliphatic carbocycles. The molecule has 2 rings (SSSR count). The second-order valence-corrected chi connectivity index (χ2v) is 4.34. The van der Waals surface area contributed by atoms with Crippen molar-refractivity contribution >= 4 is 11.8 Å². The molecule has 0 bridgehead atoms. The van der Waals surface area contributed by atoms with E-state index >= 15 is 0 Å². The summed E-state index contributed by atoms with van der Waals surface area (Å²) in [6.07, 6.45) is 2.27. The standard InChI is InChI=1S/C14H16O3/c1-3-17-14(16)11-8-9(2)7-10-5-4-6-12(15)13(10)11/h7-8H,3-6H2,1-2H3. The first-order chi connectivity index (χ1) is 8.13. The van der Waals surface area contributed by atoms with Gasteiger partial charge in [0.2, 0.25) is 0 Å². The third-order valence-electron chi connectivity index (χ3n) is 2.99. The first kappa shape index (κ1) is 11.8. The summed E-state index contributed by atoms with van der Waals surface area (Å²) in [6.45, 7) is 4.03. The van der Waals surface area contributed by atoms with Crippen molar-refractivity contribution in [2.75, 3.05) is 6.61 Å². The smallest absolute Gasteiger partial charge is 0.338 e. The highest BCUT2D eigenvalue weighted by Gasteiger charge is 2.24. The van der Waals surface area contributed by atoms with Gasteiger partial charge in [-0.3, -0.25) is 4.79 Å². The van der Waals surface area contributed by atoms with Gasteiger partial charge >= 0.3 is 5.97 Å². The summed E-state index contributed by atoms with van der Waals surface area (Å²) >= 11 is 0. The zero-order valence-electron chi connectivity index (χ0n) is 10.2. The first-order valence-electron chi connectivity index (χ1n) is 5.97. The molecule has 0 unspecified atom stereocenters. The first-order valence-corrected chi connectivity index (χ1v) is 5.97. The van der Waals surface area contributed by atoms with Gasteiger partial charge in [-0.1, -0.05) is 6.07 Å². The maximum Gasteiger partial charge on any atom is 0.338 e. The topological polar surface area (TPSA) is 43.4 Å². The number of carbonyl (C=O) groups is 2. The van der Waals surface area contributed by atoms with Crippen LogP contribution in [0.15, 0.2) is 12.1 Å². The van der Waals surface area contributed by atoms with E-state index in [1.807, 2.05) is 13.0 Å². The van der Waals surface area contributed by atoms with Crippen molar-refractivity contribution in [3.63, 3.8) is 0 Å². The van der Waals surface area contributed by atoms with Gasteiger partial charge in [-0.2, -0.15) is 0 Å². The van der Waals surface area contributed by atoms with Gasteiger partial charge in [-0.15, -0.1) is 0 Å². The summed E-state index contributed by atoms with van der Waals surface area (Å²) in [6, 6.07) is 3.75. The van der Waals surface area contributed by atoms with Crippen molar-refractivity contribution in [1.82, 2.24) is 0 Å². The third-order valence-corrected chi connectivity index (χ3v) is 2.99. The molecule has 17 heavy (non-hydrogen) atoms. The summed E-state index contributed by atoms with van der Waals surface area (Å²) in [5, 5.41) is 0. The van der Waals surface area contributed by atoms with Gasteiger partial charge < -0.3 is 4.74 Å². The van der Waals surface area contributed by atoms with Crippen LogP contribution in [0.5, 0.6) is 0 Å². The Morgan fingerprint density at radius 3 is 2.82 bits per heavy atom. The summed E-state index contributed by atoms with van der Waals surface area (Å²) in [5.41, 5.74) is 3.01. The maximum absolute atomic E-state index is 11.9. The molecule has 0 saturated carbocycles. The van der Waals surface area contributed by atoms with Gasteiger partial charge in [-0.05, 0) is 43.9 Å². The lowest BCUT2D eigenvalue weighted by Crippen LogP contribution is -2.18. The van der Waals surface area contributed by atoms with Gasteiger partial charge in [0.25, 0.3) is 0 Å². The zero-order chi connectivity index (χ0) is 12.4. The second-order valence-electron chi connectivity index (χ2n) is 4.34. The summed E-state index contributed by atoms with van der Waals surface area (Å²) in [7, 11) is 0. The lowest BCUT2D eigenvalue weighted by molar-refractivity contribution is 0.0522. The van der Waals surface area contributed by atoms with E-state index in [1.165, 1.54) is 0 Å². The molecule has 0 atom stereocenters. The van der Waals surface area contributed by atoms with Crippen LogP contribution in [0.1, 0.15) is 51.6 Å². The quantitative estimate of drug-likeness (QED) is 0.736. The van der Waals surface area contributed by atoms with Crippen LogP contribution in [0, 0.1) is 6.92 Å². The van der Waals surface area contributed by atoms with Gasteiger partial charge in [0.15, 0.2) is 5.78 Å². The molecule has 0 N–H and O–H groups in total. The van der Waals surface area contributed by atoms with E-state index in [0.717, 1.165) is 24.0 Å². The predicted octanol–water partition coefficient (Wildman–Crippen LogP) is 2.69. The van der Waals surface area contributed by atoms with E-state index in [9.17, 15) is 9.59 Å². The van der Waals surface area contributed by atoms with Crippen molar-refractivity contribution in [3.05, 3.63) is 34.4 Å². The molecule has 0 fully saturated rings. The number of aryl methyl sites for hydroxylation is 2. The van der Waals surface area contributed by atoms with Crippen LogP contribution in [-0.2, 0) is 11.2 Å². The minimum absolute atomic E-state index is 0.0642. The molecule has 0 heterocycles. The lowest BCUT2D eigenvalue weighted by Gasteiger charge is -2.18. The number of ether oxygens (including phenoxy) is 1.